The van der Waals surface area contributed by atoms with Crippen LogP contribution in [-0.4, -0.2) is 45.3 Å². The summed E-state index contributed by atoms with van der Waals surface area (Å²) in [6.45, 7) is 12.6. The minimum absolute atomic E-state index is 0.0832. The summed E-state index contributed by atoms with van der Waals surface area (Å²) in [6, 6.07) is 6.20. The van der Waals surface area contributed by atoms with Crippen molar-refractivity contribution in [2.45, 2.75) is 72.4 Å². The molecule has 1 saturated heterocycles. The molecule has 3 aromatic heterocycles. The van der Waals surface area contributed by atoms with Crippen molar-refractivity contribution in [3.8, 4) is 0 Å². The van der Waals surface area contributed by atoms with Gasteiger partial charge in [-0.15, -0.1) is 11.3 Å². The van der Waals surface area contributed by atoms with Crippen molar-refractivity contribution in [1.82, 2.24) is 19.8 Å². The fourth-order valence-corrected chi connectivity index (χ4v) is 7.88. The molecular weight excluding hydrogens is 480 g/mol. The molecule has 1 fully saturated rings. The third-order valence-corrected chi connectivity index (χ3v) is 9.83. The highest BCUT2D eigenvalue weighted by molar-refractivity contribution is 7.12. The number of aromatic amines is 1. The number of aromatic nitrogens is 2. The van der Waals surface area contributed by atoms with Crippen molar-refractivity contribution in [2.24, 2.45) is 5.92 Å². The van der Waals surface area contributed by atoms with Crippen molar-refractivity contribution >= 4 is 17.2 Å². The molecule has 7 heteroatoms. The first-order valence-corrected chi connectivity index (χ1v) is 14.4. The number of amides is 1. The monoisotopic (exact) mass is 518 g/mol. The van der Waals surface area contributed by atoms with Gasteiger partial charge in [0, 0.05) is 52.9 Å². The number of carbonyl (C=O) groups is 1. The van der Waals surface area contributed by atoms with Gasteiger partial charge in [0.1, 0.15) is 0 Å². The molecule has 2 aliphatic heterocycles. The Morgan fingerprint density at radius 2 is 1.81 bits per heavy atom. The van der Waals surface area contributed by atoms with E-state index in [1.54, 1.807) is 0 Å². The Hall–Kier alpha value is -2.77. The fourth-order valence-electron chi connectivity index (χ4n) is 6.31. The molecule has 0 spiro atoms. The van der Waals surface area contributed by atoms with Gasteiger partial charge in [-0.3, -0.25) is 19.5 Å². The van der Waals surface area contributed by atoms with Crippen LogP contribution in [0.15, 0.2) is 35.4 Å². The van der Waals surface area contributed by atoms with Crippen molar-refractivity contribution < 1.29 is 4.79 Å². The van der Waals surface area contributed by atoms with Gasteiger partial charge in [0.05, 0.1) is 12.1 Å². The Balaban J connectivity index is 1.30. The van der Waals surface area contributed by atoms with Gasteiger partial charge in [0.15, 0.2) is 0 Å². The zero-order valence-corrected chi connectivity index (χ0v) is 23.3. The van der Waals surface area contributed by atoms with Crippen molar-refractivity contribution in [3.05, 3.63) is 84.2 Å². The lowest BCUT2D eigenvalue weighted by Crippen LogP contribution is -2.38. The van der Waals surface area contributed by atoms with Gasteiger partial charge in [-0.2, -0.15) is 0 Å². The maximum Gasteiger partial charge on any atom is 0.255 e. The molecule has 37 heavy (non-hydrogen) atoms. The van der Waals surface area contributed by atoms with Gasteiger partial charge < -0.3 is 9.88 Å². The number of pyridine rings is 2. The maximum atomic E-state index is 13.7. The first-order chi connectivity index (χ1) is 17.9. The highest BCUT2D eigenvalue weighted by atomic mass is 32.1. The minimum Gasteiger partial charge on any atom is -0.334 e. The molecule has 3 aromatic rings. The van der Waals surface area contributed by atoms with E-state index < -0.39 is 0 Å². The molecule has 0 radical (unpaired) electrons. The van der Waals surface area contributed by atoms with E-state index in [1.165, 1.54) is 33.7 Å². The summed E-state index contributed by atoms with van der Waals surface area (Å²) in [5.41, 5.74) is 5.82. The average molecular weight is 519 g/mol. The van der Waals surface area contributed by atoms with Crippen LogP contribution in [0.4, 0.5) is 0 Å². The number of H-pyrrole nitrogens is 1. The Morgan fingerprint density at radius 3 is 2.49 bits per heavy atom. The Kier molecular flexibility index (Phi) is 7.63. The molecule has 1 atom stereocenters. The van der Waals surface area contributed by atoms with Crippen LogP contribution in [0.25, 0.3) is 0 Å². The topological polar surface area (TPSA) is 69.3 Å². The lowest BCUT2D eigenvalue weighted by Gasteiger charge is -2.36. The van der Waals surface area contributed by atoms with Crippen LogP contribution in [0, 0.1) is 26.7 Å². The lowest BCUT2D eigenvalue weighted by atomic mass is 9.80. The first-order valence-electron chi connectivity index (χ1n) is 13.6. The number of nitrogens with zero attached hydrogens (tertiary/aromatic N) is 3. The molecule has 0 aromatic carbocycles. The number of thiophene rings is 1. The quantitative estimate of drug-likeness (QED) is 0.457. The molecule has 196 valence electrons. The number of fused-ring (bicyclic) bond motifs is 1. The Morgan fingerprint density at radius 1 is 1.08 bits per heavy atom. The normalized spacial score (nSPS) is 17.7. The minimum atomic E-state index is -0.0832. The second-order valence-electron chi connectivity index (χ2n) is 10.8. The van der Waals surface area contributed by atoms with E-state index >= 15 is 0 Å². The van der Waals surface area contributed by atoms with Gasteiger partial charge >= 0.3 is 0 Å². The first kappa shape index (κ1) is 25.9. The van der Waals surface area contributed by atoms with Gasteiger partial charge in [-0.05, 0) is 99.8 Å². The van der Waals surface area contributed by atoms with Crippen LogP contribution in [-0.2, 0) is 19.5 Å². The zero-order valence-electron chi connectivity index (χ0n) is 22.5. The number of likely N-dealkylation sites (tertiary alicyclic amines) is 1. The van der Waals surface area contributed by atoms with E-state index in [1.807, 2.05) is 48.5 Å². The third kappa shape index (κ3) is 5.30. The summed E-state index contributed by atoms with van der Waals surface area (Å²) in [5.74, 6) is 1.24. The number of nitrogens with one attached hydrogen (secondary N) is 1. The van der Waals surface area contributed by atoms with E-state index in [4.69, 9.17) is 0 Å². The number of rotatable bonds is 7. The molecule has 5 heterocycles. The summed E-state index contributed by atoms with van der Waals surface area (Å²) < 4.78 is 0. The predicted molar refractivity (Wildman–Crippen MR) is 149 cm³/mol. The van der Waals surface area contributed by atoms with Gasteiger partial charge in [0.25, 0.3) is 11.5 Å². The Labute approximate surface area is 223 Å². The highest BCUT2D eigenvalue weighted by Crippen LogP contribution is 2.44. The lowest BCUT2D eigenvalue weighted by molar-refractivity contribution is 0.0727. The summed E-state index contributed by atoms with van der Waals surface area (Å²) >= 11 is 1.88. The van der Waals surface area contributed by atoms with Gasteiger partial charge in [-0.1, -0.05) is 6.92 Å². The third-order valence-electron chi connectivity index (χ3n) is 8.34. The standard InChI is InChI=1S/C30H38N4O2S/c1-5-24(23-8-13-33(14-9-23)17-22-6-11-31-12-7-22)28-21(4)27-26(37-28)10-15-34(30(27)36)18-25-19(2)16-20(3)32-29(25)35/h6-7,11-12,16,23-24H,5,8-10,13-15,17-18H2,1-4H3,(H,32,35). The van der Waals surface area contributed by atoms with Crippen LogP contribution in [0.2, 0.25) is 0 Å². The average Bonchev–Trinajstić information content (AvgIpc) is 3.21. The second kappa shape index (κ2) is 10.9. The zero-order chi connectivity index (χ0) is 26.1. The molecule has 0 bridgehead atoms. The highest BCUT2D eigenvalue weighted by Gasteiger charge is 2.35. The van der Waals surface area contributed by atoms with E-state index in [2.05, 4.69) is 40.8 Å². The molecule has 1 N–H and O–H groups in total. The molecule has 0 saturated carbocycles. The number of aryl methyl sites for hydroxylation is 2. The van der Waals surface area contributed by atoms with E-state index in [0.717, 1.165) is 49.3 Å². The largest absolute Gasteiger partial charge is 0.334 e. The summed E-state index contributed by atoms with van der Waals surface area (Å²) in [7, 11) is 0. The molecule has 5 rings (SSSR count). The summed E-state index contributed by atoms with van der Waals surface area (Å²) in [4.78, 5) is 40.4. The van der Waals surface area contributed by atoms with Crippen molar-refractivity contribution in [2.75, 3.05) is 19.6 Å². The molecule has 6 nitrogen and oxygen atoms in total. The van der Waals surface area contributed by atoms with Crippen LogP contribution < -0.4 is 5.56 Å². The van der Waals surface area contributed by atoms with Crippen LogP contribution >= 0.6 is 11.3 Å². The summed E-state index contributed by atoms with van der Waals surface area (Å²) in [6.07, 6.45) is 8.11. The van der Waals surface area contributed by atoms with E-state index in [0.29, 0.717) is 30.5 Å². The van der Waals surface area contributed by atoms with Gasteiger partial charge in [-0.25, -0.2) is 0 Å². The number of hydrogen-bond donors (Lipinski definition) is 1. The van der Waals surface area contributed by atoms with E-state index in [9.17, 15) is 9.59 Å². The van der Waals surface area contributed by atoms with Crippen LogP contribution in [0.5, 0.6) is 0 Å². The summed E-state index contributed by atoms with van der Waals surface area (Å²) in [5, 5.41) is 0. The van der Waals surface area contributed by atoms with Crippen molar-refractivity contribution in [1.29, 1.82) is 0 Å². The number of carbonyl (C=O) groups excluding carboxylic acids is 1. The second-order valence-corrected chi connectivity index (χ2v) is 11.9. The maximum absolute atomic E-state index is 13.7. The Bertz CT molecular complexity index is 1320. The molecule has 1 unspecified atom stereocenters. The van der Waals surface area contributed by atoms with E-state index in [-0.39, 0.29) is 11.5 Å². The molecule has 0 aliphatic carbocycles. The number of piperidine rings is 1. The fraction of sp³-hybridized carbons (Fsp3) is 0.500. The predicted octanol–water partition coefficient (Wildman–Crippen LogP) is 5.36. The van der Waals surface area contributed by atoms with Gasteiger partial charge in [0.2, 0.25) is 0 Å². The molecule has 2 aliphatic rings. The SMILES string of the molecule is CCC(c1sc2c(c1C)C(=O)N(Cc1c(C)cc(C)[nH]c1=O)CC2)C1CCN(Cc2ccncc2)CC1. The molecular formula is C30H38N4O2S. The number of hydrogen-bond acceptors (Lipinski definition) is 5. The molecule has 1 amide bonds. The van der Waals surface area contributed by atoms with Crippen LogP contribution in [0.3, 0.4) is 0 Å². The van der Waals surface area contributed by atoms with Crippen molar-refractivity contribution in [3.63, 3.8) is 0 Å². The van der Waals surface area contributed by atoms with Crippen LogP contribution in [0.1, 0.15) is 80.2 Å². The smallest absolute Gasteiger partial charge is 0.255 e.